The number of unbranched alkanes of at least 4 members (excludes halogenated alkanes) is 1. The average Bonchev–Trinajstić information content (AvgIpc) is 2.70. The molecule has 1 amide bonds. The number of benzene rings is 2. The van der Waals surface area contributed by atoms with Gasteiger partial charge in [0.05, 0.1) is 6.42 Å². The molecule has 2 aromatic carbocycles. The molecule has 2 aromatic rings. The highest BCUT2D eigenvalue weighted by molar-refractivity contribution is 5.81. The predicted octanol–water partition coefficient (Wildman–Crippen LogP) is 3.74. The zero-order valence-electron chi connectivity index (χ0n) is 17.6. The fourth-order valence-corrected chi connectivity index (χ4v) is 2.87. The molecule has 0 aromatic heterocycles. The molecule has 0 spiro atoms. The van der Waals surface area contributed by atoms with Crippen LogP contribution in [-0.4, -0.2) is 17.9 Å². The minimum Gasteiger partial charge on any atom is -0.339 e. The van der Waals surface area contributed by atoms with Gasteiger partial charge in [0.15, 0.2) is 0 Å². The van der Waals surface area contributed by atoms with Crippen LogP contribution in [0, 0.1) is 5.41 Å². The molecule has 0 saturated heterocycles. The van der Waals surface area contributed by atoms with E-state index in [9.17, 15) is 9.59 Å². The summed E-state index contributed by atoms with van der Waals surface area (Å²) in [7, 11) is 0. The molecule has 1 unspecified atom stereocenters. The molecule has 1 atom stereocenters. The van der Waals surface area contributed by atoms with E-state index in [1.165, 1.54) is 11.1 Å². The lowest BCUT2D eigenvalue weighted by Gasteiger charge is -2.24. The van der Waals surface area contributed by atoms with Gasteiger partial charge >= 0.3 is 5.97 Å². The molecule has 0 saturated carbocycles. The van der Waals surface area contributed by atoms with Crippen LogP contribution in [0.2, 0.25) is 0 Å². The summed E-state index contributed by atoms with van der Waals surface area (Å²) in [5.74, 6) is -1.02. The molecule has 0 fully saturated rings. The summed E-state index contributed by atoms with van der Waals surface area (Å²) in [6, 6.07) is 17.7. The Morgan fingerprint density at radius 3 is 1.97 bits per heavy atom. The van der Waals surface area contributed by atoms with Crippen molar-refractivity contribution >= 4 is 11.9 Å². The van der Waals surface area contributed by atoms with Gasteiger partial charge in [0.1, 0.15) is 6.04 Å². The van der Waals surface area contributed by atoms with Crippen LogP contribution in [0.1, 0.15) is 50.3 Å². The highest BCUT2D eigenvalue weighted by Gasteiger charge is 2.29. The van der Waals surface area contributed by atoms with Gasteiger partial charge in [-0.15, -0.1) is 0 Å². The van der Waals surface area contributed by atoms with Crippen molar-refractivity contribution in [2.75, 3.05) is 0 Å². The molecule has 0 aliphatic rings. The van der Waals surface area contributed by atoms with Crippen molar-refractivity contribution in [3.05, 3.63) is 71.3 Å². The third-order valence-electron chi connectivity index (χ3n) is 4.86. The van der Waals surface area contributed by atoms with Gasteiger partial charge < -0.3 is 10.6 Å². The lowest BCUT2D eigenvalue weighted by molar-refractivity contribution is -0.161. The van der Waals surface area contributed by atoms with Gasteiger partial charge in [0, 0.05) is 0 Å². The SMILES string of the molecule is CC(C)(C)C(N)C(=O)ONC(=O)Cc1ccc(CCCCc2ccccc2)cc1. The van der Waals surface area contributed by atoms with Crippen LogP contribution in [-0.2, 0) is 33.7 Å². The Morgan fingerprint density at radius 1 is 0.897 bits per heavy atom. The Labute approximate surface area is 173 Å². The molecule has 0 heterocycles. The maximum absolute atomic E-state index is 12.0. The van der Waals surface area contributed by atoms with Crippen molar-refractivity contribution < 1.29 is 14.4 Å². The van der Waals surface area contributed by atoms with Crippen LogP contribution in [0.25, 0.3) is 0 Å². The van der Waals surface area contributed by atoms with Gasteiger partial charge in [-0.1, -0.05) is 75.4 Å². The van der Waals surface area contributed by atoms with E-state index in [0.717, 1.165) is 31.2 Å². The standard InChI is InChI=1S/C24H32N2O3/c1-24(2,3)22(25)23(28)29-26-21(27)17-20-15-13-19(14-16-20)12-8-7-11-18-9-5-4-6-10-18/h4-6,9-10,13-16,22H,7-8,11-12,17,25H2,1-3H3,(H,26,27). The van der Waals surface area contributed by atoms with Crippen LogP contribution in [0.4, 0.5) is 0 Å². The maximum atomic E-state index is 12.0. The topological polar surface area (TPSA) is 81.4 Å². The smallest absolute Gasteiger partial charge is 0.339 e. The third kappa shape index (κ3) is 8.08. The van der Waals surface area contributed by atoms with Crippen LogP contribution < -0.4 is 11.2 Å². The quantitative estimate of drug-likeness (QED) is 0.526. The van der Waals surface area contributed by atoms with Gasteiger partial charge in [0.2, 0.25) is 0 Å². The molecule has 29 heavy (non-hydrogen) atoms. The van der Waals surface area contributed by atoms with Gasteiger partial charge in [-0.25, -0.2) is 4.79 Å². The summed E-state index contributed by atoms with van der Waals surface area (Å²) in [4.78, 5) is 28.7. The molecule has 156 valence electrons. The van der Waals surface area contributed by atoms with Crippen molar-refractivity contribution in [3.8, 4) is 0 Å². The number of carbonyl (C=O) groups excluding carboxylic acids is 2. The van der Waals surface area contributed by atoms with Gasteiger partial charge in [-0.3, -0.25) is 4.79 Å². The summed E-state index contributed by atoms with van der Waals surface area (Å²) in [5.41, 5.74) is 11.1. The number of nitrogens with two attached hydrogens (primary N) is 1. The Morgan fingerprint density at radius 2 is 1.41 bits per heavy atom. The summed E-state index contributed by atoms with van der Waals surface area (Å²) < 4.78 is 0. The van der Waals surface area contributed by atoms with Gasteiger partial charge in [-0.05, 0) is 47.8 Å². The number of hydrogen-bond donors (Lipinski definition) is 2. The Bertz CT molecular complexity index is 780. The maximum Gasteiger partial charge on any atom is 0.349 e. The number of hydroxylamine groups is 1. The first-order valence-corrected chi connectivity index (χ1v) is 10.1. The highest BCUT2D eigenvalue weighted by atomic mass is 16.7. The van der Waals surface area contributed by atoms with Crippen molar-refractivity contribution in [2.24, 2.45) is 11.1 Å². The zero-order chi connectivity index (χ0) is 21.3. The molecule has 0 radical (unpaired) electrons. The molecule has 0 bridgehead atoms. The van der Waals surface area contributed by atoms with Crippen LogP contribution in [0.5, 0.6) is 0 Å². The summed E-state index contributed by atoms with van der Waals surface area (Å²) in [5, 5.41) is 0. The zero-order valence-corrected chi connectivity index (χ0v) is 17.6. The fraction of sp³-hybridized carbons (Fsp3) is 0.417. The summed E-state index contributed by atoms with van der Waals surface area (Å²) in [6.07, 6.45) is 4.53. The van der Waals surface area contributed by atoms with Crippen LogP contribution in [0.15, 0.2) is 54.6 Å². The molecule has 2 rings (SSSR count). The minimum atomic E-state index is -0.802. The van der Waals surface area contributed by atoms with E-state index in [1.54, 1.807) is 0 Å². The van der Waals surface area contributed by atoms with Crippen molar-refractivity contribution in [1.29, 1.82) is 0 Å². The van der Waals surface area contributed by atoms with E-state index in [-0.39, 0.29) is 12.3 Å². The molecule has 0 aliphatic carbocycles. The van der Waals surface area contributed by atoms with E-state index in [0.29, 0.717) is 0 Å². The molecule has 5 nitrogen and oxygen atoms in total. The predicted molar refractivity (Wildman–Crippen MR) is 115 cm³/mol. The molecular formula is C24H32N2O3. The molecule has 3 N–H and O–H groups in total. The van der Waals surface area contributed by atoms with Crippen LogP contribution >= 0.6 is 0 Å². The van der Waals surface area contributed by atoms with E-state index in [1.807, 2.05) is 51.1 Å². The Balaban J connectivity index is 1.70. The first-order chi connectivity index (χ1) is 13.8. The van der Waals surface area contributed by atoms with E-state index >= 15 is 0 Å². The lowest BCUT2D eigenvalue weighted by Crippen LogP contribution is -2.46. The fourth-order valence-electron chi connectivity index (χ4n) is 2.87. The second kappa shape index (κ2) is 10.8. The first kappa shape index (κ1) is 22.6. The van der Waals surface area contributed by atoms with Crippen LogP contribution in [0.3, 0.4) is 0 Å². The van der Waals surface area contributed by atoms with Gasteiger partial charge in [0.25, 0.3) is 5.91 Å². The number of rotatable bonds is 8. The normalized spacial score (nSPS) is 12.3. The van der Waals surface area contributed by atoms with E-state index < -0.39 is 17.4 Å². The number of hydrogen-bond acceptors (Lipinski definition) is 4. The average molecular weight is 397 g/mol. The van der Waals surface area contributed by atoms with E-state index in [4.69, 9.17) is 10.6 Å². The number of carbonyl (C=O) groups is 2. The second-order valence-corrected chi connectivity index (χ2v) is 8.48. The number of amides is 1. The Kier molecular flexibility index (Phi) is 8.40. The van der Waals surface area contributed by atoms with E-state index in [2.05, 4.69) is 29.7 Å². The lowest BCUT2D eigenvalue weighted by atomic mass is 9.88. The summed E-state index contributed by atoms with van der Waals surface area (Å²) in [6.45, 7) is 5.51. The second-order valence-electron chi connectivity index (χ2n) is 8.48. The number of aryl methyl sites for hydroxylation is 2. The molecular weight excluding hydrogens is 364 g/mol. The van der Waals surface area contributed by atoms with Crippen molar-refractivity contribution in [2.45, 2.75) is 58.9 Å². The first-order valence-electron chi connectivity index (χ1n) is 10.1. The highest BCUT2D eigenvalue weighted by Crippen LogP contribution is 2.18. The monoisotopic (exact) mass is 396 g/mol. The summed E-state index contributed by atoms with van der Waals surface area (Å²) >= 11 is 0. The van der Waals surface area contributed by atoms with Gasteiger partial charge in [-0.2, -0.15) is 5.48 Å². The molecule has 5 heteroatoms. The van der Waals surface area contributed by atoms with Crippen molar-refractivity contribution in [1.82, 2.24) is 5.48 Å². The largest absolute Gasteiger partial charge is 0.349 e. The number of nitrogens with one attached hydrogen (secondary N) is 1. The molecule has 0 aliphatic heterocycles. The minimum absolute atomic E-state index is 0.145. The van der Waals surface area contributed by atoms with Crippen molar-refractivity contribution in [3.63, 3.8) is 0 Å². The Hall–Kier alpha value is -2.66. The third-order valence-corrected chi connectivity index (χ3v) is 4.86.